The van der Waals surface area contributed by atoms with Crippen molar-refractivity contribution in [2.45, 2.75) is 6.61 Å². The second kappa shape index (κ2) is 5.59. The zero-order chi connectivity index (χ0) is 13.9. The van der Waals surface area contributed by atoms with E-state index in [9.17, 15) is 4.39 Å². The highest BCUT2D eigenvalue weighted by atomic mass is 79.9. The lowest BCUT2D eigenvalue weighted by Crippen LogP contribution is -1.98. The molecule has 1 heterocycles. The van der Waals surface area contributed by atoms with Gasteiger partial charge in [-0.15, -0.1) is 0 Å². The quantitative estimate of drug-likeness (QED) is 0.693. The Morgan fingerprint density at radius 1 is 1.10 bits per heavy atom. The fourth-order valence-corrected chi connectivity index (χ4v) is 2.45. The molecular formula is C16H11BrFNO. The van der Waals surface area contributed by atoms with Gasteiger partial charge in [-0.3, -0.25) is 4.98 Å². The average molecular weight is 332 g/mol. The third-order valence-electron chi connectivity index (χ3n) is 2.99. The highest BCUT2D eigenvalue weighted by Crippen LogP contribution is 2.25. The summed E-state index contributed by atoms with van der Waals surface area (Å²) in [4.78, 5) is 4.33. The molecule has 3 aromatic rings. The van der Waals surface area contributed by atoms with E-state index in [1.165, 1.54) is 12.1 Å². The molecule has 0 aliphatic rings. The highest BCUT2D eigenvalue weighted by Gasteiger charge is 2.06. The van der Waals surface area contributed by atoms with Crippen molar-refractivity contribution in [1.29, 1.82) is 0 Å². The molecule has 20 heavy (non-hydrogen) atoms. The van der Waals surface area contributed by atoms with Gasteiger partial charge in [-0.1, -0.05) is 40.2 Å². The number of hydrogen-bond acceptors (Lipinski definition) is 2. The van der Waals surface area contributed by atoms with Crippen molar-refractivity contribution < 1.29 is 9.13 Å². The first-order valence-corrected chi connectivity index (χ1v) is 6.94. The zero-order valence-corrected chi connectivity index (χ0v) is 12.1. The fraction of sp³-hybridized carbons (Fsp3) is 0.0625. The van der Waals surface area contributed by atoms with E-state index in [4.69, 9.17) is 4.74 Å². The summed E-state index contributed by atoms with van der Waals surface area (Å²) in [7, 11) is 0. The van der Waals surface area contributed by atoms with E-state index >= 15 is 0 Å². The molecule has 0 aliphatic carbocycles. The van der Waals surface area contributed by atoms with Gasteiger partial charge in [-0.2, -0.15) is 0 Å². The molecule has 4 heteroatoms. The molecular weight excluding hydrogens is 321 g/mol. The summed E-state index contributed by atoms with van der Waals surface area (Å²) in [5.41, 5.74) is 1.72. The molecule has 0 unspecified atom stereocenters. The number of fused-ring (bicyclic) bond motifs is 1. The molecule has 0 radical (unpaired) electrons. The second-order valence-corrected chi connectivity index (χ2v) is 5.21. The average Bonchev–Trinajstić information content (AvgIpc) is 2.46. The fourth-order valence-electron chi connectivity index (χ4n) is 1.99. The molecule has 100 valence electrons. The molecule has 2 nitrogen and oxygen atoms in total. The van der Waals surface area contributed by atoms with Gasteiger partial charge < -0.3 is 4.74 Å². The van der Waals surface area contributed by atoms with Crippen LogP contribution in [0.5, 0.6) is 5.75 Å². The van der Waals surface area contributed by atoms with Gasteiger partial charge in [0, 0.05) is 21.6 Å². The maximum Gasteiger partial charge on any atom is 0.146 e. The molecule has 0 fully saturated rings. The number of pyridine rings is 1. The number of para-hydroxylation sites is 1. The van der Waals surface area contributed by atoms with Gasteiger partial charge in [0.1, 0.15) is 23.7 Å². The van der Waals surface area contributed by atoms with E-state index in [2.05, 4.69) is 20.9 Å². The van der Waals surface area contributed by atoms with Crippen LogP contribution >= 0.6 is 15.9 Å². The van der Waals surface area contributed by atoms with Crippen LogP contribution in [0, 0.1) is 5.82 Å². The van der Waals surface area contributed by atoms with Crippen molar-refractivity contribution in [3.63, 3.8) is 0 Å². The normalized spacial score (nSPS) is 10.7. The van der Waals surface area contributed by atoms with Crippen LogP contribution in [0.1, 0.15) is 5.56 Å². The highest BCUT2D eigenvalue weighted by molar-refractivity contribution is 9.10. The summed E-state index contributed by atoms with van der Waals surface area (Å²) in [6, 6.07) is 14.2. The number of benzene rings is 2. The summed E-state index contributed by atoms with van der Waals surface area (Å²) in [5, 5.41) is 1.03. The Morgan fingerprint density at radius 3 is 2.80 bits per heavy atom. The first-order chi connectivity index (χ1) is 9.74. The van der Waals surface area contributed by atoms with Gasteiger partial charge >= 0.3 is 0 Å². The third-order valence-corrected chi connectivity index (χ3v) is 3.73. The predicted molar refractivity (Wildman–Crippen MR) is 80.2 cm³/mol. The maximum absolute atomic E-state index is 13.0. The van der Waals surface area contributed by atoms with Crippen molar-refractivity contribution in [3.8, 4) is 5.75 Å². The van der Waals surface area contributed by atoms with Crippen LogP contribution in [-0.2, 0) is 6.61 Å². The monoisotopic (exact) mass is 331 g/mol. The summed E-state index contributed by atoms with van der Waals surface area (Å²) >= 11 is 3.33. The van der Waals surface area contributed by atoms with Crippen LogP contribution < -0.4 is 4.74 Å². The summed E-state index contributed by atoms with van der Waals surface area (Å²) in [6.45, 7) is 0.358. The van der Waals surface area contributed by atoms with Crippen LogP contribution in [0.15, 0.2) is 59.2 Å². The summed E-state index contributed by atoms with van der Waals surface area (Å²) in [5.74, 6) is 0.451. The minimum atomic E-state index is -0.271. The Morgan fingerprint density at radius 2 is 1.95 bits per heavy atom. The van der Waals surface area contributed by atoms with E-state index < -0.39 is 0 Å². The SMILES string of the molecule is Fc1ccc(COc2cccc3cccnc23)c(Br)c1. The lowest BCUT2D eigenvalue weighted by atomic mass is 10.2. The van der Waals surface area contributed by atoms with E-state index in [1.807, 2.05) is 30.3 Å². The van der Waals surface area contributed by atoms with Crippen LogP contribution in [0.2, 0.25) is 0 Å². The van der Waals surface area contributed by atoms with Gasteiger partial charge in [-0.05, 0) is 24.3 Å². The number of aromatic nitrogens is 1. The molecule has 0 bridgehead atoms. The minimum absolute atomic E-state index is 0.271. The van der Waals surface area contributed by atoms with Crippen LogP contribution in [-0.4, -0.2) is 4.98 Å². The van der Waals surface area contributed by atoms with Crippen LogP contribution in [0.4, 0.5) is 4.39 Å². The number of hydrogen-bond donors (Lipinski definition) is 0. The van der Waals surface area contributed by atoms with Gasteiger partial charge in [-0.25, -0.2) is 4.39 Å². The van der Waals surface area contributed by atoms with Crippen molar-refractivity contribution in [1.82, 2.24) is 4.98 Å². The van der Waals surface area contributed by atoms with E-state index in [0.717, 1.165) is 22.2 Å². The molecule has 0 saturated carbocycles. The van der Waals surface area contributed by atoms with E-state index in [-0.39, 0.29) is 5.82 Å². The summed E-state index contributed by atoms with van der Waals surface area (Å²) in [6.07, 6.45) is 1.74. The third kappa shape index (κ3) is 2.65. The van der Waals surface area contributed by atoms with Gasteiger partial charge in [0.25, 0.3) is 0 Å². The first-order valence-electron chi connectivity index (χ1n) is 6.14. The van der Waals surface area contributed by atoms with Crippen molar-refractivity contribution in [3.05, 3.63) is 70.6 Å². The lowest BCUT2D eigenvalue weighted by Gasteiger charge is -2.10. The maximum atomic E-state index is 13.0. The number of nitrogens with zero attached hydrogens (tertiary/aromatic N) is 1. The Balaban J connectivity index is 1.87. The Bertz CT molecular complexity index is 755. The second-order valence-electron chi connectivity index (χ2n) is 4.36. The van der Waals surface area contributed by atoms with Crippen molar-refractivity contribution >= 4 is 26.8 Å². The number of ether oxygens (including phenoxy) is 1. The van der Waals surface area contributed by atoms with Crippen LogP contribution in [0.3, 0.4) is 0 Å². The molecule has 0 saturated heterocycles. The number of rotatable bonds is 3. The summed E-state index contributed by atoms with van der Waals surface area (Å²) < 4.78 is 19.5. The molecule has 2 aromatic carbocycles. The topological polar surface area (TPSA) is 22.1 Å². The molecule has 0 N–H and O–H groups in total. The van der Waals surface area contributed by atoms with E-state index in [0.29, 0.717) is 11.1 Å². The first kappa shape index (κ1) is 13.1. The van der Waals surface area contributed by atoms with Gasteiger partial charge in [0.2, 0.25) is 0 Å². The molecule has 0 atom stereocenters. The predicted octanol–water partition coefficient (Wildman–Crippen LogP) is 4.72. The number of halogens is 2. The largest absolute Gasteiger partial charge is 0.487 e. The smallest absolute Gasteiger partial charge is 0.146 e. The van der Waals surface area contributed by atoms with Gasteiger partial charge in [0.05, 0.1) is 0 Å². The zero-order valence-electron chi connectivity index (χ0n) is 10.5. The van der Waals surface area contributed by atoms with Gasteiger partial charge in [0.15, 0.2) is 0 Å². The van der Waals surface area contributed by atoms with Crippen molar-refractivity contribution in [2.75, 3.05) is 0 Å². The molecule has 3 rings (SSSR count). The molecule has 0 spiro atoms. The standard InChI is InChI=1S/C16H11BrFNO/c17-14-9-13(18)7-6-12(14)10-20-15-5-1-3-11-4-2-8-19-16(11)15/h1-9H,10H2. The lowest BCUT2D eigenvalue weighted by molar-refractivity contribution is 0.308. The van der Waals surface area contributed by atoms with Crippen molar-refractivity contribution in [2.24, 2.45) is 0 Å². The minimum Gasteiger partial charge on any atom is -0.487 e. The van der Waals surface area contributed by atoms with E-state index in [1.54, 1.807) is 12.3 Å². The van der Waals surface area contributed by atoms with Crippen LogP contribution in [0.25, 0.3) is 10.9 Å². The Kier molecular flexibility index (Phi) is 3.65. The molecule has 0 aliphatic heterocycles. The Hall–Kier alpha value is -1.94. The molecule has 1 aromatic heterocycles. The molecule has 0 amide bonds. The Labute approximate surface area is 124 Å².